The molecule has 0 aliphatic carbocycles. The van der Waals surface area contributed by atoms with Crippen LogP contribution in [0.2, 0.25) is 0 Å². The van der Waals surface area contributed by atoms with E-state index in [1.165, 1.54) is 25.9 Å². The zero-order chi connectivity index (χ0) is 19.7. The highest BCUT2D eigenvalue weighted by atomic mass is 16.5. The Morgan fingerprint density at radius 2 is 1.56 bits per heavy atom. The number of nitrogens with two attached hydrogens (primary N) is 1. The zero-order valence-electron chi connectivity index (χ0n) is 15.5. The lowest BCUT2D eigenvalue weighted by molar-refractivity contribution is 0.0962. The van der Waals surface area contributed by atoms with E-state index < -0.39 is 5.91 Å². The maximum atomic E-state index is 13.3. The quantitative estimate of drug-likeness (QED) is 0.747. The van der Waals surface area contributed by atoms with Gasteiger partial charge in [-0.3, -0.25) is 14.2 Å². The number of ether oxygens (including phenoxy) is 3. The summed E-state index contributed by atoms with van der Waals surface area (Å²) in [6.45, 7) is 1.69. The minimum absolute atomic E-state index is 0.323. The molecular formula is C20H20N2O5. The zero-order valence-corrected chi connectivity index (χ0v) is 15.5. The van der Waals surface area contributed by atoms with Gasteiger partial charge in [-0.15, -0.1) is 0 Å². The van der Waals surface area contributed by atoms with Crippen LogP contribution in [0.25, 0.3) is 10.9 Å². The number of fused-ring (bicyclic) bond motifs is 1. The van der Waals surface area contributed by atoms with Gasteiger partial charge in [0.15, 0.2) is 11.5 Å². The maximum Gasteiger partial charge on any atom is 0.262 e. The molecule has 0 saturated carbocycles. The lowest BCUT2D eigenvalue weighted by Gasteiger charge is -2.14. The molecule has 0 unspecified atom stereocenters. The maximum absolute atomic E-state index is 13.3. The van der Waals surface area contributed by atoms with Gasteiger partial charge in [-0.2, -0.15) is 0 Å². The van der Waals surface area contributed by atoms with Gasteiger partial charge in [-0.25, -0.2) is 0 Å². The van der Waals surface area contributed by atoms with Gasteiger partial charge < -0.3 is 19.9 Å². The van der Waals surface area contributed by atoms with Crippen molar-refractivity contribution in [1.29, 1.82) is 0 Å². The molecule has 0 atom stereocenters. The van der Waals surface area contributed by atoms with E-state index in [9.17, 15) is 9.59 Å². The third kappa shape index (κ3) is 2.87. The number of hydrogen-bond acceptors (Lipinski definition) is 5. The SMILES string of the molecule is COc1cc(C(=O)n2c(C)c(C(N)=O)c3ccccc32)cc(OC)c1OC. The Hall–Kier alpha value is -3.48. The van der Waals surface area contributed by atoms with E-state index >= 15 is 0 Å². The Kier molecular flexibility index (Phi) is 4.77. The van der Waals surface area contributed by atoms with Crippen molar-refractivity contribution in [2.75, 3.05) is 21.3 Å². The second-order valence-corrected chi connectivity index (χ2v) is 5.90. The minimum atomic E-state index is -0.583. The van der Waals surface area contributed by atoms with Crippen LogP contribution in [0.15, 0.2) is 36.4 Å². The first-order valence-corrected chi connectivity index (χ1v) is 8.19. The van der Waals surface area contributed by atoms with Gasteiger partial charge in [0.25, 0.3) is 11.8 Å². The fourth-order valence-corrected chi connectivity index (χ4v) is 3.27. The van der Waals surface area contributed by atoms with E-state index in [1.54, 1.807) is 43.3 Å². The van der Waals surface area contributed by atoms with E-state index in [4.69, 9.17) is 19.9 Å². The molecule has 0 aliphatic rings. The Labute approximate surface area is 156 Å². The summed E-state index contributed by atoms with van der Waals surface area (Å²) in [5.41, 5.74) is 7.26. The Balaban J connectivity index is 2.26. The highest BCUT2D eigenvalue weighted by Crippen LogP contribution is 2.39. The second-order valence-electron chi connectivity index (χ2n) is 5.90. The number of para-hydroxylation sites is 1. The van der Waals surface area contributed by atoms with Gasteiger partial charge in [0.2, 0.25) is 5.75 Å². The lowest BCUT2D eigenvalue weighted by Crippen LogP contribution is -2.17. The number of aromatic nitrogens is 1. The fourth-order valence-electron chi connectivity index (χ4n) is 3.27. The van der Waals surface area contributed by atoms with Crippen LogP contribution in [0.1, 0.15) is 26.4 Å². The third-order valence-electron chi connectivity index (χ3n) is 4.47. The third-order valence-corrected chi connectivity index (χ3v) is 4.47. The van der Waals surface area contributed by atoms with Gasteiger partial charge >= 0.3 is 0 Å². The molecule has 27 heavy (non-hydrogen) atoms. The van der Waals surface area contributed by atoms with Crippen molar-refractivity contribution in [3.05, 3.63) is 53.2 Å². The number of primary amides is 1. The number of benzene rings is 2. The summed E-state index contributed by atoms with van der Waals surface area (Å²) in [6.07, 6.45) is 0. The van der Waals surface area contributed by atoms with Gasteiger partial charge in [-0.05, 0) is 25.1 Å². The van der Waals surface area contributed by atoms with Crippen LogP contribution in [0.4, 0.5) is 0 Å². The molecule has 0 radical (unpaired) electrons. The van der Waals surface area contributed by atoms with E-state index in [0.29, 0.717) is 45.0 Å². The van der Waals surface area contributed by atoms with Crippen molar-refractivity contribution in [3.63, 3.8) is 0 Å². The molecule has 7 nitrogen and oxygen atoms in total. The summed E-state index contributed by atoms with van der Waals surface area (Å²) < 4.78 is 17.4. The fraction of sp³-hybridized carbons (Fsp3) is 0.200. The first kappa shape index (κ1) is 18.3. The van der Waals surface area contributed by atoms with Crippen molar-refractivity contribution in [3.8, 4) is 17.2 Å². The number of carbonyl (C=O) groups excluding carboxylic acids is 2. The van der Waals surface area contributed by atoms with Crippen LogP contribution in [-0.4, -0.2) is 37.7 Å². The monoisotopic (exact) mass is 368 g/mol. The molecule has 3 rings (SSSR count). The van der Waals surface area contributed by atoms with Crippen LogP contribution >= 0.6 is 0 Å². The highest BCUT2D eigenvalue weighted by molar-refractivity contribution is 6.12. The number of rotatable bonds is 5. The number of methoxy groups -OCH3 is 3. The van der Waals surface area contributed by atoms with Crippen molar-refractivity contribution in [2.24, 2.45) is 5.73 Å². The first-order chi connectivity index (χ1) is 12.9. The van der Waals surface area contributed by atoms with E-state index in [-0.39, 0.29) is 5.91 Å². The van der Waals surface area contributed by atoms with Gasteiger partial charge in [0.05, 0.1) is 32.4 Å². The molecule has 7 heteroatoms. The summed E-state index contributed by atoms with van der Waals surface area (Å²) >= 11 is 0. The van der Waals surface area contributed by atoms with Crippen molar-refractivity contribution >= 4 is 22.7 Å². The second kappa shape index (κ2) is 7.03. The molecule has 0 fully saturated rings. The molecule has 0 aliphatic heterocycles. The van der Waals surface area contributed by atoms with Gasteiger partial charge in [-0.1, -0.05) is 18.2 Å². The summed E-state index contributed by atoms with van der Waals surface area (Å²) in [4.78, 5) is 25.2. The Morgan fingerprint density at radius 1 is 0.963 bits per heavy atom. The molecule has 2 aromatic carbocycles. The van der Waals surface area contributed by atoms with Crippen LogP contribution in [0.5, 0.6) is 17.2 Å². The molecule has 0 spiro atoms. The van der Waals surface area contributed by atoms with Crippen LogP contribution in [0, 0.1) is 6.92 Å². The summed E-state index contributed by atoms with van der Waals surface area (Å²) in [5, 5.41) is 0.628. The summed E-state index contributed by atoms with van der Waals surface area (Å²) in [7, 11) is 4.45. The standard InChI is InChI=1S/C20H20N2O5/c1-11-17(19(21)23)13-7-5-6-8-14(13)22(11)20(24)12-9-15(25-2)18(27-4)16(10-12)26-3/h5-10H,1-4H3,(H2,21,23). The van der Waals surface area contributed by atoms with Crippen molar-refractivity contribution in [1.82, 2.24) is 4.57 Å². The Bertz CT molecular complexity index is 1030. The van der Waals surface area contributed by atoms with Gasteiger partial charge in [0.1, 0.15) is 0 Å². The average Bonchev–Trinajstić information content (AvgIpc) is 2.97. The highest BCUT2D eigenvalue weighted by Gasteiger charge is 2.24. The lowest BCUT2D eigenvalue weighted by atomic mass is 10.1. The molecule has 0 saturated heterocycles. The summed E-state index contributed by atoms with van der Waals surface area (Å²) in [5.74, 6) is 0.202. The number of hydrogen-bond donors (Lipinski definition) is 1. The Morgan fingerprint density at radius 3 is 2.07 bits per heavy atom. The predicted molar refractivity (Wildman–Crippen MR) is 101 cm³/mol. The number of amides is 1. The van der Waals surface area contributed by atoms with Gasteiger partial charge in [0, 0.05) is 16.6 Å². The van der Waals surface area contributed by atoms with Crippen molar-refractivity contribution < 1.29 is 23.8 Å². The van der Waals surface area contributed by atoms with E-state index in [2.05, 4.69) is 0 Å². The summed E-state index contributed by atoms with van der Waals surface area (Å²) in [6, 6.07) is 10.3. The molecular weight excluding hydrogens is 348 g/mol. The van der Waals surface area contributed by atoms with Crippen LogP contribution in [-0.2, 0) is 0 Å². The molecule has 3 aromatic rings. The largest absolute Gasteiger partial charge is 0.493 e. The van der Waals surface area contributed by atoms with Crippen LogP contribution < -0.4 is 19.9 Å². The van der Waals surface area contributed by atoms with E-state index in [1.807, 2.05) is 0 Å². The molecule has 1 aromatic heterocycles. The minimum Gasteiger partial charge on any atom is -0.493 e. The smallest absolute Gasteiger partial charge is 0.262 e. The molecule has 2 N–H and O–H groups in total. The number of nitrogens with zero attached hydrogens (tertiary/aromatic N) is 1. The number of carbonyl (C=O) groups is 2. The first-order valence-electron chi connectivity index (χ1n) is 8.19. The molecule has 1 heterocycles. The predicted octanol–water partition coefficient (Wildman–Crippen LogP) is 2.76. The average molecular weight is 368 g/mol. The topological polar surface area (TPSA) is 92.8 Å². The van der Waals surface area contributed by atoms with E-state index in [0.717, 1.165) is 0 Å². The molecule has 140 valence electrons. The molecule has 1 amide bonds. The normalized spacial score (nSPS) is 10.7. The molecule has 0 bridgehead atoms. The van der Waals surface area contributed by atoms with Crippen molar-refractivity contribution in [2.45, 2.75) is 6.92 Å². The van der Waals surface area contributed by atoms with Crippen LogP contribution in [0.3, 0.4) is 0 Å².